The molecule has 5 nitrogen and oxygen atoms in total. The summed E-state index contributed by atoms with van der Waals surface area (Å²) in [4.78, 5) is 9.59. The Morgan fingerprint density at radius 3 is 1.78 bits per heavy atom. The van der Waals surface area contributed by atoms with Crippen LogP contribution >= 0.6 is 11.3 Å². The third-order valence-corrected chi connectivity index (χ3v) is 15.6. The maximum atomic E-state index is 4.85. The fourth-order valence-corrected chi connectivity index (χ4v) is 12.7. The molecule has 0 N–H and O–H groups in total. The van der Waals surface area contributed by atoms with E-state index in [1.165, 1.54) is 76.5 Å². The summed E-state index contributed by atoms with van der Waals surface area (Å²) < 4.78 is 10.0. The van der Waals surface area contributed by atoms with Gasteiger partial charge in [0.1, 0.15) is 11.0 Å². The Bertz CT molecular complexity index is 3770. The lowest BCUT2D eigenvalue weighted by Gasteiger charge is -2.41. The van der Waals surface area contributed by atoms with E-state index in [9.17, 15) is 0 Å². The number of thiophene rings is 1. The molecule has 0 aliphatic carbocycles. The van der Waals surface area contributed by atoms with E-state index in [1.807, 2.05) is 18.5 Å². The highest BCUT2D eigenvalue weighted by Gasteiger charge is 2.40. The van der Waals surface area contributed by atoms with Gasteiger partial charge in [-0.3, -0.25) is 9.97 Å². The number of pyridine rings is 2. The number of fused-ring (bicyclic) bond motifs is 12. The van der Waals surface area contributed by atoms with Gasteiger partial charge in [-0.05, 0) is 104 Å². The van der Waals surface area contributed by atoms with Crippen molar-refractivity contribution < 1.29 is 0 Å². The van der Waals surface area contributed by atoms with Crippen LogP contribution in [0.5, 0.6) is 0 Å². The van der Waals surface area contributed by atoms with E-state index in [0.717, 1.165) is 45.4 Å². The van der Waals surface area contributed by atoms with Crippen LogP contribution < -0.4 is 0 Å². The van der Waals surface area contributed by atoms with Crippen molar-refractivity contribution in [2.45, 2.75) is 58.0 Å². The number of aromatic nitrogens is 5. The molecule has 12 rings (SSSR count). The first-order chi connectivity index (χ1) is 31.4. The van der Waals surface area contributed by atoms with Gasteiger partial charge in [0.25, 0.3) is 0 Å². The van der Waals surface area contributed by atoms with Gasteiger partial charge in [0, 0.05) is 66.8 Å². The first-order valence-electron chi connectivity index (χ1n) is 22.7. The normalized spacial score (nSPS) is 14.3. The van der Waals surface area contributed by atoms with E-state index < -0.39 is 5.54 Å². The summed E-state index contributed by atoms with van der Waals surface area (Å²) in [5.74, 6) is 0.212. The van der Waals surface area contributed by atoms with Crippen LogP contribution in [-0.4, -0.2) is 23.7 Å². The second-order valence-electron chi connectivity index (χ2n) is 18.1. The molecule has 0 aliphatic rings. The predicted molar refractivity (Wildman–Crippen MR) is 273 cm³/mol. The fraction of sp³-hybridized carbons (Fsp3) is 0.172. The molecule has 6 heterocycles. The van der Waals surface area contributed by atoms with Gasteiger partial charge < -0.3 is 13.7 Å². The average molecular weight is 848 g/mol. The molecular formula is C58H49N5S. The third kappa shape index (κ3) is 5.29. The first-order valence-corrected chi connectivity index (χ1v) is 23.5. The fourth-order valence-electron chi connectivity index (χ4n) is 11.6. The average Bonchev–Trinajstić information content (AvgIpc) is 4.07. The van der Waals surface area contributed by atoms with E-state index in [4.69, 9.17) is 9.97 Å². The first kappa shape index (κ1) is 38.6. The Kier molecular flexibility index (Phi) is 8.76. The number of hydrogen-bond donors (Lipinski definition) is 0. The molecule has 0 radical (unpaired) electrons. The number of allylic oxidation sites excluding steroid dienone is 1. The van der Waals surface area contributed by atoms with Gasteiger partial charge >= 0.3 is 0 Å². The zero-order valence-electron chi connectivity index (χ0n) is 36.7. The van der Waals surface area contributed by atoms with Gasteiger partial charge in [-0.15, -0.1) is 17.9 Å². The Morgan fingerprint density at radius 1 is 0.578 bits per heavy atom. The van der Waals surface area contributed by atoms with Crippen molar-refractivity contribution in [3.05, 3.63) is 188 Å². The van der Waals surface area contributed by atoms with Crippen LogP contribution in [-0.2, 0) is 11.1 Å². The lowest BCUT2D eigenvalue weighted by Crippen LogP contribution is -2.39. The molecule has 0 bridgehead atoms. The monoisotopic (exact) mass is 847 g/mol. The van der Waals surface area contributed by atoms with Crippen molar-refractivity contribution in [2.24, 2.45) is 5.92 Å². The topological polar surface area (TPSA) is 40.6 Å². The van der Waals surface area contributed by atoms with Crippen LogP contribution in [0.3, 0.4) is 0 Å². The molecule has 64 heavy (non-hydrogen) atoms. The quantitative estimate of drug-likeness (QED) is 0.129. The van der Waals surface area contributed by atoms with Crippen LogP contribution in [0.15, 0.2) is 177 Å². The molecule has 0 saturated carbocycles. The molecule has 0 aliphatic heterocycles. The highest BCUT2D eigenvalue weighted by Crippen LogP contribution is 2.48. The molecule has 0 saturated heterocycles. The molecule has 0 fully saturated rings. The molecule has 2 atom stereocenters. The van der Waals surface area contributed by atoms with Gasteiger partial charge in [-0.25, -0.2) is 0 Å². The second-order valence-corrected chi connectivity index (χ2v) is 19.1. The van der Waals surface area contributed by atoms with Gasteiger partial charge in [0.2, 0.25) is 0 Å². The SMILES string of the molecule is C=CCC(c1ccc2c(c1)c1ccccc1n2-c1ccnc2c1sc1cccnc12)(C(C)C)n1c2ccccc2c2cc(C(C)(CCC)n3c4ccccc4c4ccccc43)ccc21. The summed E-state index contributed by atoms with van der Waals surface area (Å²) in [5, 5.41) is 7.61. The van der Waals surface area contributed by atoms with E-state index in [2.05, 4.69) is 200 Å². The lowest BCUT2D eigenvalue weighted by molar-refractivity contribution is 0.270. The van der Waals surface area contributed by atoms with Gasteiger partial charge in [0.05, 0.1) is 37.2 Å². The molecule has 6 aromatic heterocycles. The predicted octanol–water partition coefficient (Wildman–Crippen LogP) is 15.7. The van der Waals surface area contributed by atoms with Crippen LogP contribution in [0.4, 0.5) is 0 Å². The number of nitrogens with zero attached hydrogens (tertiary/aromatic N) is 5. The third-order valence-electron chi connectivity index (χ3n) is 14.4. The summed E-state index contributed by atoms with van der Waals surface area (Å²) in [6, 6.07) is 56.7. The molecule has 6 heteroatoms. The molecule has 2 unspecified atom stereocenters. The van der Waals surface area contributed by atoms with Crippen LogP contribution in [0.2, 0.25) is 0 Å². The van der Waals surface area contributed by atoms with Crippen molar-refractivity contribution in [2.75, 3.05) is 0 Å². The number of benzene rings is 6. The van der Waals surface area contributed by atoms with Crippen LogP contribution in [0.25, 0.3) is 91.5 Å². The van der Waals surface area contributed by atoms with Crippen LogP contribution in [0.1, 0.15) is 58.1 Å². The van der Waals surface area contributed by atoms with Gasteiger partial charge in [0.15, 0.2) is 0 Å². The Morgan fingerprint density at radius 2 is 1.11 bits per heavy atom. The van der Waals surface area contributed by atoms with Crippen LogP contribution in [0, 0.1) is 5.92 Å². The standard InChI is InChI=1S/C58H49N5S/c1-6-31-57(5,62-48-22-13-9-17-40(48)41-18-10-14-23-49(41)62)38-26-29-51-45(35-38)43-20-11-15-24-50(43)63(51)58(32-7-2,37(3)4)39-27-28-47-44(36-39)42-19-8-12-21-46(42)61(47)52-30-34-60-55-54-53(64-56(52)55)25-16-33-59-54/h7-30,33-37H,2,6,31-32H2,1,3-5H3. The smallest absolute Gasteiger partial charge is 0.109 e. The van der Waals surface area contributed by atoms with Crippen molar-refractivity contribution in [1.82, 2.24) is 23.7 Å². The summed E-state index contributed by atoms with van der Waals surface area (Å²) in [6.07, 6.45) is 8.75. The zero-order valence-corrected chi connectivity index (χ0v) is 37.5. The van der Waals surface area contributed by atoms with E-state index in [1.54, 1.807) is 11.3 Å². The molecule has 6 aromatic carbocycles. The lowest BCUT2D eigenvalue weighted by atomic mass is 9.76. The number of rotatable bonds is 10. The molecular weight excluding hydrogens is 799 g/mol. The molecule has 12 aromatic rings. The maximum absolute atomic E-state index is 4.85. The second kappa shape index (κ2) is 14.5. The van der Waals surface area contributed by atoms with Crippen molar-refractivity contribution >= 4 is 97.2 Å². The molecule has 312 valence electrons. The van der Waals surface area contributed by atoms with Crippen molar-refractivity contribution in [3.8, 4) is 5.69 Å². The summed E-state index contributed by atoms with van der Waals surface area (Å²) in [7, 11) is 0. The summed E-state index contributed by atoms with van der Waals surface area (Å²) in [6.45, 7) is 14.0. The van der Waals surface area contributed by atoms with Crippen molar-refractivity contribution in [3.63, 3.8) is 0 Å². The van der Waals surface area contributed by atoms with Gasteiger partial charge in [-0.1, -0.05) is 118 Å². The summed E-state index contributed by atoms with van der Waals surface area (Å²) in [5.41, 5.74) is 12.3. The van der Waals surface area contributed by atoms with Crippen molar-refractivity contribution in [1.29, 1.82) is 0 Å². The number of hydrogen-bond acceptors (Lipinski definition) is 3. The van der Waals surface area contributed by atoms with E-state index in [-0.39, 0.29) is 11.5 Å². The summed E-state index contributed by atoms with van der Waals surface area (Å²) >= 11 is 1.77. The highest BCUT2D eigenvalue weighted by molar-refractivity contribution is 7.26. The Labute approximate surface area is 376 Å². The minimum Gasteiger partial charge on any atom is -0.330 e. The molecule has 0 amide bonds. The van der Waals surface area contributed by atoms with Gasteiger partial charge in [-0.2, -0.15) is 0 Å². The highest BCUT2D eigenvalue weighted by atomic mass is 32.1. The van der Waals surface area contributed by atoms with E-state index >= 15 is 0 Å². The zero-order chi connectivity index (χ0) is 43.3. The number of para-hydroxylation sites is 4. The Balaban J connectivity index is 1.10. The maximum Gasteiger partial charge on any atom is 0.109 e. The minimum atomic E-state index is -0.456. The largest absolute Gasteiger partial charge is 0.330 e. The Hall–Kier alpha value is -7.02. The minimum absolute atomic E-state index is 0.212. The molecule has 0 spiro atoms. The van der Waals surface area contributed by atoms with E-state index in [0.29, 0.717) is 0 Å².